The molecule has 16 heavy (non-hydrogen) atoms. The highest BCUT2D eigenvalue weighted by molar-refractivity contribution is 5.69. The molecule has 0 bridgehead atoms. The van der Waals surface area contributed by atoms with Crippen LogP contribution in [-0.4, -0.2) is 12.6 Å². The van der Waals surface area contributed by atoms with Crippen LogP contribution in [0.25, 0.3) is 0 Å². The molecule has 0 radical (unpaired) electrons. The smallest absolute Gasteiger partial charge is 0.305 e. The number of carbonyl (C=O) groups excluding carboxylic acids is 1. The SMILES string of the molecule is [2H]C([2H])([2H])C([2H])([2H])C([2H])([2H])C([2H])([2H])C([2H])([2H])C([2H])([2H])C([2H])([2H])C([2H])([2H])C([2H])([2H])C([2H])([2H])C([2H])([2H])C(=O)OCC. The van der Waals surface area contributed by atoms with Crippen molar-refractivity contribution in [3.8, 4) is 0 Å². The summed E-state index contributed by atoms with van der Waals surface area (Å²) in [6.45, 7) is -3.37. The van der Waals surface area contributed by atoms with Crippen LogP contribution in [0.5, 0.6) is 0 Å². The predicted molar refractivity (Wildman–Crippen MR) is 68.5 cm³/mol. The number of rotatable bonds is 11. The van der Waals surface area contributed by atoms with Gasteiger partial charge in [0.05, 0.1) is 6.61 Å². The van der Waals surface area contributed by atoms with Gasteiger partial charge >= 0.3 is 5.97 Å². The predicted octanol–water partition coefficient (Wildman–Crippen LogP) is 4.47. The fraction of sp³-hybridized carbons (Fsp3) is 0.929. The molecule has 0 spiro atoms. The largest absolute Gasteiger partial charge is 0.466 e. The maximum atomic E-state index is 12.0. The molecule has 0 aliphatic rings. The van der Waals surface area contributed by atoms with E-state index in [0.717, 1.165) is 6.92 Å². The van der Waals surface area contributed by atoms with Crippen LogP contribution in [-0.2, 0) is 9.53 Å². The maximum Gasteiger partial charge on any atom is 0.305 e. The molecule has 0 fully saturated rings. The van der Waals surface area contributed by atoms with Crippen molar-refractivity contribution in [3.63, 3.8) is 0 Å². The zero-order valence-corrected chi connectivity index (χ0v) is 8.52. The lowest BCUT2D eigenvalue weighted by atomic mass is 10.1. The molecule has 0 N–H and O–H groups in total. The summed E-state index contributed by atoms with van der Waals surface area (Å²) in [5.41, 5.74) is 0. The molecule has 0 aromatic heterocycles. The summed E-state index contributed by atoms with van der Waals surface area (Å²) in [5, 5.41) is 0. The molecule has 0 heterocycles. The minimum atomic E-state index is -4.77. The summed E-state index contributed by atoms with van der Waals surface area (Å²) < 4.78 is 183. The zero-order chi connectivity index (χ0) is 32.5. The Morgan fingerprint density at radius 1 is 1.06 bits per heavy atom. The van der Waals surface area contributed by atoms with E-state index in [0.29, 0.717) is 0 Å². The van der Waals surface area contributed by atoms with E-state index in [9.17, 15) is 4.79 Å². The first-order valence-corrected chi connectivity index (χ1v) is 4.15. The van der Waals surface area contributed by atoms with Gasteiger partial charge in [-0.05, 0) is 13.3 Å². The van der Waals surface area contributed by atoms with Crippen LogP contribution >= 0.6 is 0 Å². The molecule has 2 heteroatoms. The number of hydrogen-bond acceptors (Lipinski definition) is 2. The number of esters is 1. The van der Waals surface area contributed by atoms with E-state index in [-0.39, 0.29) is 0 Å². The van der Waals surface area contributed by atoms with Crippen molar-refractivity contribution in [1.82, 2.24) is 0 Å². The number of carbonyl (C=O) groups is 1. The molecule has 0 aromatic carbocycles. The van der Waals surface area contributed by atoms with Gasteiger partial charge in [-0.25, -0.2) is 0 Å². The van der Waals surface area contributed by atoms with Crippen LogP contribution in [0.3, 0.4) is 0 Å². The Kier molecular flexibility index (Phi) is 1.81. The van der Waals surface area contributed by atoms with E-state index in [4.69, 9.17) is 31.5 Å². The molecule has 0 unspecified atom stereocenters. The Morgan fingerprint density at radius 3 is 2.19 bits per heavy atom. The first-order chi connectivity index (χ1) is 16.5. The summed E-state index contributed by atoms with van der Waals surface area (Å²) >= 11 is 0. The lowest BCUT2D eigenvalue weighted by molar-refractivity contribution is -0.143. The molecular formula is C14H28O2. The van der Waals surface area contributed by atoms with Gasteiger partial charge in [0, 0.05) is 37.9 Å². The van der Waals surface area contributed by atoms with Crippen LogP contribution in [0.2, 0.25) is 0 Å². The van der Waals surface area contributed by atoms with Crippen molar-refractivity contribution in [1.29, 1.82) is 0 Å². The van der Waals surface area contributed by atoms with Crippen LogP contribution in [0, 0.1) is 0 Å². The molecule has 2 nitrogen and oxygen atoms in total. The van der Waals surface area contributed by atoms with Gasteiger partial charge in [-0.2, -0.15) is 0 Å². The van der Waals surface area contributed by atoms with Gasteiger partial charge < -0.3 is 4.74 Å². The first-order valence-electron chi connectivity index (χ1n) is 15.7. The molecule has 0 aromatic rings. The van der Waals surface area contributed by atoms with Gasteiger partial charge in [-0.1, -0.05) is 57.8 Å². The second-order valence-corrected chi connectivity index (χ2v) is 1.97. The normalized spacial score (nSPS) is 41.4. The molecule has 0 atom stereocenters. The van der Waals surface area contributed by atoms with Gasteiger partial charge in [-0.15, -0.1) is 0 Å². The Balaban J connectivity index is 7.23. The minimum absolute atomic E-state index is 0.547. The molecule has 0 saturated carbocycles. The fourth-order valence-electron chi connectivity index (χ4n) is 0.468. The molecule has 0 aliphatic carbocycles. The molecule has 96 valence electrons. The van der Waals surface area contributed by atoms with Gasteiger partial charge in [0.15, 0.2) is 0 Å². The van der Waals surface area contributed by atoms with Crippen molar-refractivity contribution >= 4 is 5.97 Å². The third-order valence-electron chi connectivity index (χ3n) is 0.940. The number of ether oxygens (including phenoxy) is 1. The van der Waals surface area contributed by atoms with Crippen molar-refractivity contribution in [2.45, 2.75) is 77.5 Å². The highest BCUT2D eigenvalue weighted by Gasteiger charge is 2.00. The van der Waals surface area contributed by atoms with Gasteiger partial charge in [0.2, 0.25) is 0 Å². The van der Waals surface area contributed by atoms with Crippen molar-refractivity contribution in [2.75, 3.05) is 6.61 Å². The summed E-state index contributed by atoms with van der Waals surface area (Å²) in [5.74, 6) is -2.05. The van der Waals surface area contributed by atoms with Gasteiger partial charge in [0.1, 0.15) is 0 Å². The molecule has 0 amide bonds. The summed E-state index contributed by atoms with van der Waals surface area (Å²) in [6, 6.07) is 0. The van der Waals surface area contributed by atoms with Gasteiger partial charge in [-0.3, -0.25) is 4.79 Å². The maximum absolute atomic E-state index is 12.0. The van der Waals surface area contributed by atoms with Crippen molar-refractivity contribution in [3.05, 3.63) is 0 Å². The second kappa shape index (κ2) is 12.5. The first kappa shape index (κ1) is 2.31. The van der Waals surface area contributed by atoms with Crippen LogP contribution in [0.1, 0.15) is 109 Å². The third-order valence-corrected chi connectivity index (χ3v) is 0.940. The highest BCUT2D eigenvalue weighted by Crippen LogP contribution is 2.10. The highest BCUT2D eigenvalue weighted by atomic mass is 16.5. The fourth-order valence-corrected chi connectivity index (χ4v) is 0.468. The lowest BCUT2D eigenvalue weighted by Crippen LogP contribution is -2.03. The monoisotopic (exact) mass is 251 g/mol. The van der Waals surface area contributed by atoms with Gasteiger partial charge in [0.25, 0.3) is 0 Å². The molecule has 0 aliphatic heterocycles. The quantitative estimate of drug-likeness (QED) is 0.506. The topological polar surface area (TPSA) is 26.3 Å². The summed E-state index contributed by atoms with van der Waals surface area (Å²) in [7, 11) is 0. The molecule has 0 rings (SSSR count). The summed E-state index contributed by atoms with van der Waals surface area (Å²) in [4.78, 5) is 12.0. The third kappa shape index (κ3) is 11.5. The van der Waals surface area contributed by atoms with Crippen LogP contribution < -0.4 is 0 Å². The van der Waals surface area contributed by atoms with Crippen molar-refractivity contribution in [2.24, 2.45) is 0 Å². The Hall–Kier alpha value is -0.530. The van der Waals surface area contributed by atoms with E-state index in [2.05, 4.69) is 4.74 Å². The summed E-state index contributed by atoms with van der Waals surface area (Å²) in [6.07, 6.45) is -45.4. The van der Waals surface area contributed by atoms with E-state index >= 15 is 0 Å². The van der Waals surface area contributed by atoms with E-state index in [1.54, 1.807) is 0 Å². The minimum Gasteiger partial charge on any atom is -0.466 e. The molecule has 0 saturated heterocycles. The zero-order valence-electron chi connectivity index (χ0n) is 31.5. The Bertz CT molecular complexity index is 912. The molecular weight excluding hydrogens is 200 g/mol. The Morgan fingerprint density at radius 2 is 1.62 bits per heavy atom. The Labute approximate surface area is 133 Å². The average molecular weight is 252 g/mol. The number of hydrogen-bond donors (Lipinski definition) is 0. The lowest BCUT2D eigenvalue weighted by Gasteiger charge is -2.02. The van der Waals surface area contributed by atoms with E-state index < -0.39 is 83.2 Å². The average Bonchev–Trinajstić information content (AvgIpc) is 2.71. The van der Waals surface area contributed by atoms with Crippen LogP contribution in [0.15, 0.2) is 0 Å². The van der Waals surface area contributed by atoms with Crippen molar-refractivity contribution < 1.29 is 41.1 Å². The van der Waals surface area contributed by atoms with E-state index in [1.807, 2.05) is 0 Å². The standard InChI is InChI=1S/C14H28O2/c1-3-5-6-7-8-9-10-11-12-13-14(15)16-4-2/h3-13H2,1-2H3/i1D3,3D2,5D2,6D2,7D2,8D2,9D2,10D2,11D2,12D2,13D2. The second-order valence-electron chi connectivity index (χ2n) is 1.97. The van der Waals surface area contributed by atoms with Crippen LogP contribution in [0.4, 0.5) is 0 Å². The van der Waals surface area contributed by atoms with E-state index in [1.165, 1.54) is 0 Å².